The van der Waals surface area contributed by atoms with Gasteiger partial charge in [0, 0.05) is 5.39 Å². The van der Waals surface area contributed by atoms with Gasteiger partial charge in [-0.25, -0.2) is 0 Å². The Labute approximate surface area is 94.5 Å². The number of rotatable bonds is 3. The highest BCUT2D eigenvalue weighted by Crippen LogP contribution is 2.31. The van der Waals surface area contributed by atoms with Crippen LogP contribution in [-0.2, 0) is 0 Å². The average molecular weight is 214 g/mol. The summed E-state index contributed by atoms with van der Waals surface area (Å²) in [5.41, 5.74) is 0.827. The van der Waals surface area contributed by atoms with Crippen molar-refractivity contribution < 1.29 is 10.2 Å². The van der Waals surface area contributed by atoms with Gasteiger partial charge in [-0.05, 0) is 23.4 Å². The van der Waals surface area contributed by atoms with Gasteiger partial charge in [-0.2, -0.15) is 0 Å². The second kappa shape index (κ2) is 4.37. The molecule has 0 aliphatic carbocycles. The largest absolute Gasteiger partial charge is 0.507 e. The summed E-state index contributed by atoms with van der Waals surface area (Å²) >= 11 is 0. The molecule has 0 amide bonds. The SMILES string of the molecule is C=CC[C@@H](O)c1ccc(O)c2ccccc12. The third-order valence-electron chi connectivity index (χ3n) is 2.68. The van der Waals surface area contributed by atoms with Crippen molar-refractivity contribution in [1.29, 1.82) is 0 Å². The molecule has 0 aliphatic heterocycles. The molecule has 0 aromatic heterocycles. The minimum absolute atomic E-state index is 0.241. The first-order chi connectivity index (χ1) is 7.74. The van der Waals surface area contributed by atoms with Gasteiger partial charge in [0.15, 0.2) is 0 Å². The Morgan fingerprint density at radius 3 is 2.50 bits per heavy atom. The van der Waals surface area contributed by atoms with Gasteiger partial charge in [-0.15, -0.1) is 6.58 Å². The predicted molar refractivity (Wildman–Crippen MR) is 65.4 cm³/mol. The standard InChI is InChI=1S/C14H14O2/c1-2-5-13(15)12-8-9-14(16)11-7-4-3-6-10(11)12/h2-4,6-9,13,15-16H,1,5H2/t13-/m1/s1. The van der Waals surface area contributed by atoms with Gasteiger partial charge in [0.2, 0.25) is 0 Å². The van der Waals surface area contributed by atoms with E-state index >= 15 is 0 Å². The highest BCUT2D eigenvalue weighted by atomic mass is 16.3. The van der Waals surface area contributed by atoms with E-state index in [1.165, 1.54) is 0 Å². The molecule has 2 rings (SSSR count). The Morgan fingerprint density at radius 1 is 1.12 bits per heavy atom. The van der Waals surface area contributed by atoms with Crippen molar-refractivity contribution in [1.82, 2.24) is 0 Å². The van der Waals surface area contributed by atoms with Crippen LogP contribution in [0.1, 0.15) is 18.1 Å². The van der Waals surface area contributed by atoms with Gasteiger partial charge < -0.3 is 10.2 Å². The Bertz CT molecular complexity index is 517. The third-order valence-corrected chi connectivity index (χ3v) is 2.68. The van der Waals surface area contributed by atoms with Gasteiger partial charge in [0.25, 0.3) is 0 Å². The van der Waals surface area contributed by atoms with Crippen molar-refractivity contribution in [3.05, 3.63) is 54.6 Å². The molecule has 1 atom stereocenters. The van der Waals surface area contributed by atoms with Crippen molar-refractivity contribution in [3.63, 3.8) is 0 Å². The highest BCUT2D eigenvalue weighted by Gasteiger charge is 2.11. The molecular weight excluding hydrogens is 200 g/mol. The number of hydrogen-bond donors (Lipinski definition) is 2. The molecule has 0 unspecified atom stereocenters. The number of phenols is 1. The quantitative estimate of drug-likeness (QED) is 0.770. The van der Waals surface area contributed by atoms with E-state index in [0.29, 0.717) is 6.42 Å². The molecule has 16 heavy (non-hydrogen) atoms. The number of aromatic hydroxyl groups is 1. The molecule has 2 N–H and O–H groups in total. The molecule has 0 aliphatic rings. The molecular formula is C14H14O2. The minimum atomic E-state index is -0.567. The average Bonchev–Trinajstić information content (AvgIpc) is 2.30. The second-order valence-electron chi connectivity index (χ2n) is 3.76. The molecule has 0 radical (unpaired) electrons. The summed E-state index contributed by atoms with van der Waals surface area (Å²) in [4.78, 5) is 0. The molecule has 82 valence electrons. The third kappa shape index (κ3) is 1.79. The predicted octanol–water partition coefficient (Wildman–Crippen LogP) is 3.15. The van der Waals surface area contributed by atoms with E-state index in [4.69, 9.17) is 0 Å². The van der Waals surface area contributed by atoms with Gasteiger partial charge in [-0.1, -0.05) is 36.4 Å². The first-order valence-electron chi connectivity index (χ1n) is 5.23. The van der Waals surface area contributed by atoms with Gasteiger partial charge in [0.05, 0.1) is 6.10 Å². The zero-order valence-electron chi connectivity index (χ0n) is 8.93. The molecule has 0 heterocycles. The maximum atomic E-state index is 9.96. The van der Waals surface area contributed by atoms with E-state index < -0.39 is 6.10 Å². The number of benzene rings is 2. The van der Waals surface area contributed by atoms with Gasteiger partial charge in [-0.3, -0.25) is 0 Å². The van der Waals surface area contributed by atoms with E-state index in [-0.39, 0.29) is 5.75 Å². The van der Waals surface area contributed by atoms with Crippen molar-refractivity contribution in [3.8, 4) is 5.75 Å². The Kier molecular flexibility index (Phi) is 2.93. The van der Waals surface area contributed by atoms with Crippen molar-refractivity contribution >= 4 is 10.8 Å². The van der Waals surface area contributed by atoms with Crippen LogP contribution in [0, 0.1) is 0 Å². The van der Waals surface area contributed by atoms with E-state index in [0.717, 1.165) is 16.3 Å². The van der Waals surface area contributed by atoms with Crippen molar-refractivity contribution in [2.75, 3.05) is 0 Å². The molecule has 2 aromatic rings. The lowest BCUT2D eigenvalue weighted by molar-refractivity contribution is 0.183. The van der Waals surface area contributed by atoms with E-state index in [1.54, 1.807) is 18.2 Å². The Morgan fingerprint density at radius 2 is 1.81 bits per heavy atom. The minimum Gasteiger partial charge on any atom is -0.507 e. The molecule has 0 bridgehead atoms. The smallest absolute Gasteiger partial charge is 0.123 e. The van der Waals surface area contributed by atoms with E-state index in [9.17, 15) is 10.2 Å². The summed E-state index contributed by atoms with van der Waals surface area (Å²) < 4.78 is 0. The van der Waals surface area contributed by atoms with E-state index in [1.807, 2.05) is 24.3 Å². The van der Waals surface area contributed by atoms with Crippen LogP contribution in [0.15, 0.2) is 49.1 Å². The fourth-order valence-corrected chi connectivity index (χ4v) is 1.88. The maximum absolute atomic E-state index is 9.96. The molecule has 2 aromatic carbocycles. The van der Waals surface area contributed by atoms with Crippen LogP contribution >= 0.6 is 0 Å². The zero-order chi connectivity index (χ0) is 11.5. The Balaban J connectivity index is 2.62. The number of aliphatic hydroxyl groups is 1. The summed E-state index contributed by atoms with van der Waals surface area (Å²) in [5, 5.41) is 21.3. The highest BCUT2D eigenvalue weighted by molar-refractivity contribution is 5.91. The van der Waals surface area contributed by atoms with Gasteiger partial charge >= 0.3 is 0 Å². The zero-order valence-corrected chi connectivity index (χ0v) is 8.93. The molecule has 2 nitrogen and oxygen atoms in total. The number of hydrogen-bond acceptors (Lipinski definition) is 2. The number of aliphatic hydroxyl groups excluding tert-OH is 1. The molecule has 0 saturated carbocycles. The fourth-order valence-electron chi connectivity index (χ4n) is 1.88. The fraction of sp³-hybridized carbons (Fsp3) is 0.143. The molecule has 2 heteroatoms. The van der Waals surface area contributed by atoms with Crippen LogP contribution < -0.4 is 0 Å². The molecule has 0 saturated heterocycles. The van der Waals surface area contributed by atoms with Gasteiger partial charge in [0.1, 0.15) is 5.75 Å². The lowest BCUT2D eigenvalue weighted by Gasteiger charge is -2.12. The first kappa shape index (κ1) is 10.7. The first-order valence-corrected chi connectivity index (χ1v) is 5.23. The monoisotopic (exact) mass is 214 g/mol. The summed E-state index contributed by atoms with van der Waals surface area (Å²) in [7, 11) is 0. The van der Waals surface area contributed by atoms with Crippen LogP contribution in [0.4, 0.5) is 0 Å². The summed E-state index contributed by atoms with van der Waals surface area (Å²) in [6.07, 6.45) is 1.63. The molecule has 0 fully saturated rings. The lowest BCUT2D eigenvalue weighted by Crippen LogP contribution is -1.96. The van der Waals surface area contributed by atoms with Crippen molar-refractivity contribution in [2.24, 2.45) is 0 Å². The Hall–Kier alpha value is -1.80. The number of fused-ring (bicyclic) bond motifs is 1. The lowest BCUT2D eigenvalue weighted by atomic mass is 9.98. The van der Waals surface area contributed by atoms with Crippen LogP contribution in [0.3, 0.4) is 0 Å². The van der Waals surface area contributed by atoms with Crippen LogP contribution in [0.5, 0.6) is 5.75 Å². The number of phenolic OH excluding ortho intramolecular Hbond substituents is 1. The second-order valence-corrected chi connectivity index (χ2v) is 3.76. The van der Waals surface area contributed by atoms with E-state index in [2.05, 4.69) is 6.58 Å². The van der Waals surface area contributed by atoms with Crippen LogP contribution in [0.2, 0.25) is 0 Å². The molecule has 0 spiro atoms. The van der Waals surface area contributed by atoms with Crippen molar-refractivity contribution in [2.45, 2.75) is 12.5 Å². The summed E-state index contributed by atoms with van der Waals surface area (Å²) in [6, 6.07) is 10.9. The topological polar surface area (TPSA) is 40.5 Å². The summed E-state index contributed by atoms with van der Waals surface area (Å²) in [6.45, 7) is 3.61. The summed E-state index contributed by atoms with van der Waals surface area (Å²) in [5.74, 6) is 0.241. The maximum Gasteiger partial charge on any atom is 0.123 e. The van der Waals surface area contributed by atoms with Crippen LogP contribution in [0.25, 0.3) is 10.8 Å². The normalized spacial score (nSPS) is 12.6. The van der Waals surface area contributed by atoms with Crippen LogP contribution in [-0.4, -0.2) is 10.2 Å².